The molecule has 0 unspecified atom stereocenters. The summed E-state index contributed by atoms with van der Waals surface area (Å²) in [4.78, 5) is 42.2. The Labute approximate surface area is 115 Å². The molecule has 108 valence electrons. The van der Waals surface area contributed by atoms with E-state index in [1.54, 1.807) is 4.90 Å². The number of carboxylic acid groups (broad SMARTS) is 1. The number of likely N-dealkylation sites (tertiary alicyclic amines) is 1. The highest BCUT2D eigenvalue weighted by molar-refractivity contribution is 5.92. The Kier molecular flexibility index (Phi) is 3.87. The molecular weight excluding hydrogens is 262 g/mol. The Morgan fingerprint density at radius 1 is 1.45 bits per heavy atom. The maximum atomic E-state index is 12.2. The molecular formula is C13H17N3O4. The van der Waals surface area contributed by atoms with Gasteiger partial charge in [-0.3, -0.25) is 14.4 Å². The van der Waals surface area contributed by atoms with Gasteiger partial charge in [0.15, 0.2) is 0 Å². The van der Waals surface area contributed by atoms with Gasteiger partial charge in [0.1, 0.15) is 5.69 Å². The highest BCUT2D eigenvalue weighted by Crippen LogP contribution is 2.35. The van der Waals surface area contributed by atoms with Crippen molar-refractivity contribution in [1.82, 2.24) is 14.9 Å². The maximum Gasteiger partial charge on any atom is 0.309 e. The van der Waals surface area contributed by atoms with Crippen molar-refractivity contribution in [3.05, 3.63) is 28.4 Å². The van der Waals surface area contributed by atoms with Crippen LogP contribution in [-0.4, -0.2) is 44.9 Å². The molecule has 0 bridgehead atoms. The van der Waals surface area contributed by atoms with Gasteiger partial charge in [0.25, 0.3) is 11.5 Å². The van der Waals surface area contributed by atoms with Crippen molar-refractivity contribution < 1.29 is 14.7 Å². The highest BCUT2D eigenvalue weighted by atomic mass is 16.4. The molecule has 0 aromatic carbocycles. The van der Waals surface area contributed by atoms with Crippen molar-refractivity contribution in [1.29, 1.82) is 0 Å². The summed E-state index contributed by atoms with van der Waals surface area (Å²) < 4.78 is 0. The van der Waals surface area contributed by atoms with E-state index in [4.69, 9.17) is 0 Å². The van der Waals surface area contributed by atoms with Gasteiger partial charge in [-0.2, -0.15) is 0 Å². The van der Waals surface area contributed by atoms with Crippen molar-refractivity contribution in [3.8, 4) is 0 Å². The van der Waals surface area contributed by atoms with Gasteiger partial charge in [-0.05, 0) is 19.3 Å². The maximum absolute atomic E-state index is 12.2. The molecule has 1 aliphatic heterocycles. The monoisotopic (exact) mass is 279 g/mol. The van der Waals surface area contributed by atoms with E-state index in [-0.39, 0.29) is 17.2 Å². The smallest absolute Gasteiger partial charge is 0.309 e. The second-order valence-corrected chi connectivity index (χ2v) is 5.03. The number of amides is 1. The van der Waals surface area contributed by atoms with Gasteiger partial charge in [-0.25, -0.2) is 4.98 Å². The molecule has 20 heavy (non-hydrogen) atoms. The highest BCUT2D eigenvalue weighted by Gasteiger charge is 2.41. The lowest BCUT2D eigenvalue weighted by atomic mass is 9.76. The summed E-state index contributed by atoms with van der Waals surface area (Å²) >= 11 is 0. The average molecular weight is 279 g/mol. The fourth-order valence-corrected chi connectivity index (χ4v) is 2.48. The largest absolute Gasteiger partial charge is 0.481 e. The molecule has 1 fully saturated rings. The van der Waals surface area contributed by atoms with Crippen LogP contribution in [0.15, 0.2) is 17.2 Å². The van der Waals surface area contributed by atoms with Crippen molar-refractivity contribution in [2.75, 3.05) is 13.1 Å². The second kappa shape index (κ2) is 5.44. The molecule has 1 amide bonds. The molecule has 0 saturated carbocycles. The summed E-state index contributed by atoms with van der Waals surface area (Å²) in [7, 11) is 0. The Bertz CT molecular complexity index is 553. The molecule has 7 heteroatoms. The first-order valence-electron chi connectivity index (χ1n) is 6.56. The number of piperidine rings is 1. The summed E-state index contributed by atoms with van der Waals surface area (Å²) in [6.45, 7) is 2.63. The summed E-state index contributed by atoms with van der Waals surface area (Å²) in [6.07, 6.45) is 3.78. The van der Waals surface area contributed by atoms with E-state index in [9.17, 15) is 19.5 Å². The molecule has 1 aromatic heterocycles. The Hall–Kier alpha value is -2.18. The Balaban J connectivity index is 2.07. The predicted octanol–water partition coefficient (Wildman–Crippen LogP) is 0.487. The number of carbonyl (C=O) groups excluding carboxylic acids is 1. The number of hydrogen-bond donors (Lipinski definition) is 2. The fourth-order valence-electron chi connectivity index (χ4n) is 2.48. The third-order valence-electron chi connectivity index (χ3n) is 4.03. The molecule has 0 spiro atoms. The third-order valence-corrected chi connectivity index (χ3v) is 4.03. The molecule has 0 atom stereocenters. The minimum atomic E-state index is -0.797. The molecule has 1 saturated heterocycles. The zero-order chi connectivity index (χ0) is 14.8. The fraction of sp³-hybridized carbons (Fsp3) is 0.538. The predicted molar refractivity (Wildman–Crippen MR) is 70.4 cm³/mol. The molecule has 0 radical (unpaired) electrons. The summed E-state index contributed by atoms with van der Waals surface area (Å²) in [5.41, 5.74) is -0.921. The van der Waals surface area contributed by atoms with Crippen molar-refractivity contribution in [2.45, 2.75) is 26.2 Å². The summed E-state index contributed by atoms with van der Waals surface area (Å²) in [6, 6.07) is 0. The van der Waals surface area contributed by atoms with Crippen LogP contribution in [-0.2, 0) is 4.79 Å². The number of aromatic amines is 1. The lowest BCUT2D eigenvalue weighted by molar-refractivity contribution is -0.152. The quantitative estimate of drug-likeness (QED) is 0.838. The van der Waals surface area contributed by atoms with Gasteiger partial charge in [-0.15, -0.1) is 0 Å². The number of nitrogens with zero attached hydrogens (tertiary/aromatic N) is 2. The van der Waals surface area contributed by atoms with Crippen molar-refractivity contribution in [2.24, 2.45) is 5.41 Å². The Morgan fingerprint density at radius 2 is 2.10 bits per heavy atom. The van der Waals surface area contributed by atoms with E-state index in [1.807, 2.05) is 6.92 Å². The number of aliphatic carboxylic acids is 1. The molecule has 2 rings (SSSR count). The van der Waals surface area contributed by atoms with Crippen LogP contribution in [0, 0.1) is 5.41 Å². The van der Waals surface area contributed by atoms with Gasteiger partial charge >= 0.3 is 5.97 Å². The number of carbonyl (C=O) groups is 2. The zero-order valence-electron chi connectivity index (χ0n) is 11.3. The van der Waals surface area contributed by atoms with E-state index in [0.29, 0.717) is 32.4 Å². The van der Waals surface area contributed by atoms with E-state index in [2.05, 4.69) is 9.97 Å². The average Bonchev–Trinajstić information content (AvgIpc) is 2.47. The zero-order valence-corrected chi connectivity index (χ0v) is 11.3. The van der Waals surface area contributed by atoms with Gasteiger partial charge < -0.3 is 15.0 Å². The van der Waals surface area contributed by atoms with Crippen LogP contribution in [0.5, 0.6) is 0 Å². The van der Waals surface area contributed by atoms with Gasteiger partial charge in [0, 0.05) is 19.3 Å². The lowest BCUT2D eigenvalue weighted by Crippen LogP contribution is -2.46. The van der Waals surface area contributed by atoms with Crippen LogP contribution in [0.1, 0.15) is 36.7 Å². The van der Waals surface area contributed by atoms with E-state index in [0.717, 1.165) is 6.20 Å². The molecule has 0 aliphatic carbocycles. The third kappa shape index (κ3) is 2.56. The lowest BCUT2D eigenvalue weighted by Gasteiger charge is -2.38. The first kappa shape index (κ1) is 14.2. The number of aromatic nitrogens is 2. The van der Waals surface area contributed by atoms with Crippen LogP contribution in [0.2, 0.25) is 0 Å². The van der Waals surface area contributed by atoms with Crippen molar-refractivity contribution in [3.63, 3.8) is 0 Å². The molecule has 2 N–H and O–H groups in total. The topological polar surface area (TPSA) is 103 Å². The first-order chi connectivity index (χ1) is 9.48. The SMILES string of the molecule is CCC1(C(=O)O)CCN(C(=O)c2c[nH]c(=O)cn2)CC1. The number of H-pyrrole nitrogens is 1. The summed E-state index contributed by atoms with van der Waals surface area (Å²) in [5.74, 6) is -1.08. The van der Waals surface area contributed by atoms with Crippen LogP contribution < -0.4 is 5.56 Å². The van der Waals surface area contributed by atoms with Crippen LogP contribution >= 0.6 is 0 Å². The van der Waals surface area contributed by atoms with E-state index in [1.165, 1.54) is 6.20 Å². The van der Waals surface area contributed by atoms with Crippen LogP contribution in [0.3, 0.4) is 0 Å². The number of carboxylic acids is 1. The minimum absolute atomic E-state index is 0.170. The molecule has 1 aromatic rings. The number of hydrogen-bond acceptors (Lipinski definition) is 4. The number of rotatable bonds is 3. The minimum Gasteiger partial charge on any atom is -0.481 e. The van der Waals surface area contributed by atoms with E-state index >= 15 is 0 Å². The second-order valence-electron chi connectivity index (χ2n) is 5.03. The molecule has 7 nitrogen and oxygen atoms in total. The van der Waals surface area contributed by atoms with Gasteiger partial charge in [0.2, 0.25) is 0 Å². The molecule has 1 aliphatic rings. The normalized spacial score (nSPS) is 17.8. The van der Waals surface area contributed by atoms with Gasteiger partial charge in [0.05, 0.1) is 11.6 Å². The van der Waals surface area contributed by atoms with Crippen LogP contribution in [0.4, 0.5) is 0 Å². The number of nitrogens with one attached hydrogen (secondary N) is 1. The van der Waals surface area contributed by atoms with Crippen molar-refractivity contribution >= 4 is 11.9 Å². The summed E-state index contributed by atoms with van der Waals surface area (Å²) in [5, 5.41) is 9.31. The Morgan fingerprint density at radius 3 is 2.55 bits per heavy atom. The first-order valence-corrected chi connectivity index (χ1v) is 6.56. The molecule has 2 heterocycles. The van der Waals surface area contributed by atoms with Gasteiger partial charge in [-0.1, -0.05) is 6.92 Å². The van der Waals surface area contributed by atoms with Crippen LogP contribution in [0.25, 0.3) is 0 Å². The standard InChI is InChI=1S/C13H17N3O4/c1-2-13(12(19)20)3-5-16(6-4-13)11(18)9-7-15-10(17)8-14-9/h7-8H,2-6H2,1H3,(H,15,17)(H,19,20). The van der Waals surface area contributed by atoms with E-state index < -0.39 is 11.4 Å².